The first kappa shape index (κ1) is 14.4. The molecule has 0 spiro atoms. The van der Waals surface area contributed by atoms with Crippen LogP contribution in [0.5, 0.6) is 0 Å². The maximum atomic E-state index is 9.86. The molecule has 1 heterocycles. The Morgan fingerprint density at radius 1 is 1.40 bits per heavy atom. The molecule has 2 nitrogen and oxygen atoms in total. The number of aliphatic hydroxyl groups is 1. The standard InChI is InChI=1S/C17H25NOS/c1-13-5-4-8-17(9-13,12-19)18-10-14-11-20-16-7-3-2-6-15(14)16/h2-3,6-7,13-14,18-19H,4-5,8-12H2,1H3. The molecule has 20 heavy (non-hydrogen) atoms. The van der Waals surface area contributed by atoms with Gasteiger partial charge in [0.2, 0.25) is 0 Å². The largest absolute Gasteiger partial charge is 0.394 e. The van der Waals surface area contributed by atoms with Crippen LogP contribution in [0.2, 0.25) is 0 Å². The SMILES string of the molecule is CC1CCCC(CO)(NCC2CSc3ccccc32)C1. The molecule has 1 aromatic carbocycles. The molecular formula is C17H25NOS. The lowest BCUT2D eigenvalue weighted by atomic mass is 9.76. The van der Waals surface area contributed by atoms with Crippen LogP contribution in [0, 0.1) is 5.92 Å². The number of aliphatic hydroxyl groups excluding tert-OH is 1. The van der Waals surface area contributed by atoms with Gasteiger partial charge >= 0.3 is 0 Å². The Kier molecular flexibility index (Phi) is 4.39. The molecule has 1 aliphatic carbocycles. The minimum Gasteiger partial charge on any atom is -0.394 e. The number of hydrogen-bond donors (Lipinski definition) is 2. The molecule has 3 atom stereocenters. The second kappa shape index (κ2) is 6.08. The third-order valence-corrected chi connectivity index (χ3v) is 6.17. The molecule has 0 aromatic heterocycles. The summed E-state index contributed by atoms with van der Waals surface area (Å²) in [7, 11) is 0. The predicted octanol–water partition coefficient (Wildman–Crippen LogP) is 3.41. The highest BCUT2D eigenvalue weighted by Crippen LogP contribution is 2.40. The van der Waals surface area contributed by atoms with E-state index >= 15 is 0 Å². The molecule has 1 aliphatic heterocycles. The maximum absolute atomic E-state index is 9.86. The molecule has 2 N–H and O–H groups in total. The Hall–Kier alpha value is -0.510. The molecule has 3 rings (SSSR count). The van der Waals surface area contributed by atoms with E-state index in [9.17, 15) is 5.11 Å². The Morgan fingerprint density at radius 3 is 3.05 bits per heavy atom. The molecule has 1 fully saturated rings. The maximum Gasteiger partial charge on any atom is 0.0613 e. The highest BCUT2D eigenvalue weighted by atomic mass is 32.2. The van der Waals surface area contributed by atoms with Crippen molar-refractivity contribution in [2.75, 3.05) is 18.9 Å². The number of hydrogen-bond acceptors (Lipinski definition) is 3. The van der Waals surface area contributed by atoms with Crippen molar-refractivity contribution in [3.8, 4) is 0 Å². The first-order valence-electron chi connectivity index (χ1n) is 7.80. The van der Waals surface area contributed by atoms with Crippen LogP contribution in [-0.4, -0.2) is 29.5 Å². The summed E-state index contributed by atoms with van der Waals surface area (Å²) >= 11 is 1.97. The first-order chi connectivity index (χ1) is 9.72. The fraction of sp³-hybridized carbons (Fsp3) is 0.647. The number of nitrogens with one attached hydrogen (secondary N) is 1. The smallest absolute Gasteiger partial charge is 0.0613 e. The zero-order valence-corrected chi connectivity index (χ0v) is 13.1. The zero-order valence-electron chi connectivity index (χ0n) is 12.3. The second-order valence-electron chi connectivity index (χ2n) is 6.57. The summed E-state index contributed by atoms with van der Waals surface area (Å²) < 4.78 is 0. The Balaban J connectivity index is 1.64. The zero-order chi connectivity index (χ0) is 14.0. The topological polar surface area (TPSA) is 32.3 Å². The normalized spacial score (nSPS) is 33.1. The third kappa shape index (κ3) is 2.90. The number of benzene rings is 1. The van der Waals surface area contributed by atoms with Gasteiger partial charge in [0, 0.05) is 28.6 Å². The van der Waals surface area contributed by atoms with Gasteiger partial charge < -0.3 is 10.4 Å². The van der Waals surface area contributed by atoms with E-state index in [1.807, 2.05) is 11.8 Å². The third-order valence-electron chi connectivity index (χ3n) is 4.92. The van der Waals surface area contributed by atoms with Crippen molar-refractivity contribution in [1.29, 1.82) is 0 Å². The van der Waals surface area contributed by atoms with Gasteiger partial charge in [-0.3, -0.25) is 0 Å². The van der Waals surface area contributed by atoms with Crippen molar-refractivity contribution in [2.24, 2.45) is 5.92 Å². The van der Waals surface area contributed by atoms with E-state index in [0.29, 0.717) is 5.92 Å². The molecule has 3 unspecified atom stereocenters. The van der Waals surface area contributed by atoms with Crippen molar-refractivity contribution in [2.45, 2.75) is 49.0 Å². The molecule has 0 radical (unpaired) electrons. The fourth-order valence-electron chi connectivity index (χ4n) is 3.76. The van der Waals surface area contributed by atoms with Gasteiger partial charge in [-0.1, -0.05) is 38.0 Å². The van der Waals surface area contributed by atoms with Crippen molar-refractivity contribution in [1.82, 2.24) is 5.32 Å². The first-order valence-corrected chi connectivity index (χ1v) is 8.79. The van der Waals surface area contributed by atoms with E-state index in [1.165, 1.54) is 29.1 Å². The average molecular weight is 291 g/mol. The summed E-state index contributed by atoms with van der Waals surface area (Å²) in [4.78, 5) is 1.44. The Labute approximate surface area is 126 Å². The number of fused-ring (bicyclic) bond motifs is 1. The van der Waals surface area contributed by atoms with Crippen LogP contribution in [0.25, 0.3) is 0 Å². The van der Waals surface area contributed by atoms with Gasteiger partial charge in [0.25, 0.3) is 0 Å². The summed E-state index contributed by atoms with van der Waals surface area (Å²) in [6.45, 7) is 3.59. The fourth-order valence-corrected chi connectivity index (χ4v) is 5.01. The van der Waals surface area contributed by atoms with E-state index in [2.05, 4.69) is 36.5 Å². The summed E-state index contributed by atoms with van der Waals surface area (Å²) in [5.41, 5.74) is 1.46. The van der Waals surface area contributed by atoms with Crippen molar-refractivity contribution in [3.05, 3.63) is 29.8 Å². The monoisotopic (exact) mass is 291 g/mol. The molecule has 0 bridgehead atoms. The van der Waals surface area contributed by atoms with Crippen LogP contribution in [0.3, 0.4) is 0 Å². The molecule has 0 saturated heterocycles. The Bertz CT molecular complexity index is 464. The molecule has 1 aromatic rings. The molecule has 1 saturated carbocycles. The van der Waals surface area contributed by atoms with E-state index in [1.54, 1.807) is 0 Å². The van der Waals surface area contributed by atoms with Gasteiger partial charge in [-0.25, -0.2) is 0 Å². The van der Waals surface area contributed by atoms with Gasteiger partial charge in [0.1, 0.15) is 0 Å². The number of thioether (sulfide) groups is 1. The van der Waals surface area contributed by atoms with Gasteiger partial charge in [0.05, 0.1) is 6.61 Å². The van der Waals surface area contributed by atoms with E-state index in [0.717, 1.165) is 25.3 Å². The van der Waals surface area contributed by atoms with Gasteiger partial charge in [-0.2, -0.15) is 0 Å². The summed E-state index contributed by atoms with van der Waals surface area (Å²) in [5, 5.41) is 13.6. The lowest BCUT2D eigenvalue weighted by Crippen LogP contribution is -2.52. The molecular weight excluding hydrogens is 266 g/mol. The van der Waals surface area contributed by atoms with Crippen LogP contribution >= 0.6 is 11.8 Å². The lowest BCUT2D eigenvalue weighted by molar-refractivity contribution is 0.0988. The van der Waals surface area contributed by atoms with Crippen molar-refractivity contribution in [3.63, 3.8) is 0 Å². The molecule has 3 heteroatoms. The van der Waals surface area contributed by atoms with Gasteiger partial charge in [0.15, 0.2) is 0 Å². The van der Waals surface area contributed by atoms with Crippen LogP contribution in [0.15, 0.2) is 29.2 Å². The van der Waals surface area contributed by atoms with Crippen molar-refractivity contribution < 1.29 is 5.11 Å². The summed E-state index contributed by atoms with van der Waals surface area (Å²) in [5.74, 6) is 2.49. The van der Waals surface area contributed by atoms with Gasteiger partial charge in [-0.15, -0.1) is 11.8 Å². The summed E-state index contributed by atoms with van der Waals surface area (Å²) in [6.07, 6.45) is 4.79. The van der Waals surface area contributed by atoms with Crippen molar-refractivity contribution >= 4 is 11.8 Å². The highest BCUT2D eigenvalue weighted by Gasteiger charge is 2.35. The van der Waals surface area contributed by atoms with E-state index in [-0.39, 0.29) is 12.1 Å². The van der Waals surface area contributed by atoms with Crippen LogP contribution in [0.4, 0.5) is 0 Å². The Morgan fingerprint density at radius 2 is 2.25 bits per heavy atom. The summed E-state index contributed by atoms with van der Waals surface area (Å²) in [6, 6.07) is 8.75. The number of rotatable bonds is 4. The molecule has 2 aliphatic rings. The van der Waals surface area contributed by atoms with E-state index in [4.69, 9.17) is 0 Å². The second-order valence-corrected chi connectivity index (χ2v) is 7.63. The average Bonchev–Trinajstić information content (AvgIpc) is 2.88. The predicted molar refractivity (Wildman–Crippen MR) is 85.4 cm³/mol. The highest BCUT2D eigenvalue weighted by molar-refractivity contribution is 7.99. The minimum absolute atomic E-state index is 0.0279. The molecule has 0 amide bonds. The van der Waals surface area contributed by atoms with Crippen LogP contribution < -0.4 is 5.32 Å². The quantitative estimate of drug-likeness (QED) is 0.891. The van der Waals surface area contributed by atoms with Crippen LogP contribution in [-0.2, 0) is 0 Å². The lowest BCUT2D eigenvalue weighted by Gasteiger charge is -2.40. The van der Waals surface area contributed by atoms with Crippen LogP contribution in [0.1, 0.15) is 44.1 Å². The van der Waals surface area contributed by atoms with Gasteiger partial charge in [-0.05, 0) is 30.4 Å². The van der Waals surface area contributed by atoms with E-state index < -0.39 is 0 Å². The minimum atomic E-state index is -0.0279. The molecule has 110 valence electrons.